The summed E-state index contributed by atoms with van der Waals surface area (Å²) < 4.78 is 29.9. The number of hydrogen-bond donors (Lipinski definition) is 2. The summed E-state index contributed by atoms with van der Waals surface area (Å²) in [6.45, 7) is 5.83. The molecule has 0 amide bonds. The molecule has 0 bridgehead atoms. The number of methoxy groups -OCH3 is 1. The van der Waals surface area contributed by atoms with E-state index in [0.717, 1.165) is 17.8 Å². The molecule has 1 heterocycles. The fraction of sp³-hybridized carbons (Fsp3) is 0.333. The molecule has 1 atom stereocenters. The van der Waals surface area contributed by atoms with Crippen LogP contribution in [0.1, 0.15) is 19.5 Å². The van der Waals surface area contributed by atoms with Crippen LogP contribution in [0.2, 0.25) is 0 Å². The van der Waals surface area contributed by atoms with E-state index >= 15 is 0 Å². The topological polar surface area (TPSA) is 80.9 Å². The predicted octanol–water partition coefficient (Wildman–Crippen LogP) is 4.67. The smallest absolute Gasteiger partial charge is 0.226 e. The van der Waals surface area contributed by atoms with Crippen molar-refractivity contribution in [3.8, 4) is 23.0 Å². The fourth-order valence-corrected chi connectivity index (χ4v) is 2.99. The van der Waals surface area contributed by atoms with Gasteiger partial charge < -0.3 is 24.5 Å². The lowest BCUT2D eigenvalue weighted by Gasteiger charge is -2.16. The maximum absolute atomic E-state index is 13.1. The third-order valence-corrected chi connectivity index (χ3v) is 4.56. The second-order valence-electron chi connectivity index (χ2n) is 7.13. The molecule has 3 rings (SSSR count). The molecular weight excluding hydrogens is 538 g/mol. The quantitative estimate of drug-likeness (QED) is 0.210. The van der Waals surface area contributed by atoms with Crippen molar-refractivity contribution in [2.75, 3.05) is 26.7 Å². The molecule has 0 aliphatic carbocycles. The van der Waals surface area contributed by atoms with Crippen LogP contribution in [0.3, 0.4) is 0 Å². The van der Waals surface area contributed by atoms with Gasteiger partial charge in [-0.25, -0.2) is 14.4 Å². The first-order chi connectivity index (χ1) is 15.6. The summed E-state index contributed by atoms with van der Waals surface area (Å²) in [6.07, 6.45) is 2.14. The SMILES string of the molecule is CCNC(=NCC(C)Oc1ccccc1OC)NCCc1coc(-c2ccc(F)cc2)n1.I. The van der Waals surface area contributed by atoms with E-state index in [0.29, 0.717) is 42.9 Å². The van der Waals surface area contributed by atoms with Crippen LogP contribution in [0.4, 0.5) is 4.39 Å². The van der Waals surface area contributed by atoms with Gasteiger partial charge in [-0.2, -0.15) is 0 Å². The summed E-state index contributed by atoms with van der Waals surface area (Å²) in [5.41, 5.74) is 1.55. The van der Waals surface area contributed by atoms with Crippen LogP contribution in [-0.4, -0.2) is 43.8 Å². The summed E-state index contributed by atoms with van der Waals surface area (Å²) >= 11 is 0. The Hall–Kier alpha value is -2.82. The van der Waals surface area contributed by atoms with Crippen molar-refractivity contribution in [1.82, 2.24) is 15.6 Å². The Labute approximate surface area is 210 Å². The van der Waals surface area contributed by atoms with Crippen molar-refractivity contribution < 1.29 is 18.3 Å². The molecular formula is C24H30FIN4O3. The molecule has 1 aromatic heterocycles. The molecule has 33 heavy (non-hydrogen) atoms. The third-order valence-electron chi connectivity index (χ3n) is 4.56. The number of nitrogens with zero attached hydrogens (tertiary/aromatic N) is 2. The van der Waals surface area contributed by atoms with Crippen molar-refractivity contribution in [2.45, 2.75) is 26.4 Å². The average molecular weight is 568 g/mol. The van der Waals surface area contributed by atoms with Crippen molar-refractivity contribution in [3.05, 3.63) is 66.3 Å². The highest BCUT2D eigenvalue weighted by molar-refractivity contribution is 14.0. The first-order valence-corrected chi connectivity index (χ1v) is 10.6. The van der Waals surface area contributed by atoms with Crippen molar-refractivity contribution in [2.24, 2.45) is 4.99 Å². The number of aliphatic imine (C=N–C) groups is 1. The largest absolute Gasteiger partial charge is 0.493 e. The molecule has 9 heteroatoms. The van der Waals surface area contributed by atoms with Gasteiger partial charge in [0.15, 0.2) is 17.5 Å². The summed E-state index contributed by atoms with van der Waals surface area (Å²) in [5.74, 6) is 2.27. The highest BCUT2D eigenvalue weighted by atomic mass is 127. The zero-order valence-corrected chi connectivity index (χ0v) is 21.3. The van der Waals surface area contributed by atoms with E-state index in [1.165, 1.54) is 12.1 Å². The summed E-state index contributed by atoms with van der Waals surface area (Å²) in [6, 6.07) is 13.6. The lowest BCUT2D eigenvalue weighted by molar-refractivity contribution is 0.219. The van der Waals surface area contributed by atoms with Crippen LogP contribution in [-0.2, 0) is 6.42 Å². The second kappa shape index (κ2) is 13.7. The molecule has 0 aliphatic heterocycles. The Morgan fingerprint density at radius 2 is 1.85 bits per heavy atom. The molecule has 3 aromatic rings. The molecule has 1 unspecified atom stereocenters. The van der Waals surface area contributed by atoms with E-state index in [2.05, 4.69) is 20.6 Å². The van der Waals surface area contributed by atoms with Gasteiger partial charge in [0.25, 0.3) is 0 Å². The number of guanidine groups is 1. The molecule has 0 spiro atoms. The number of hydrogen-bond acceptors (Lipinski definition) is 5. The minimum absolute atomic E-state index is 0. The second-order valence-corrected chi connectivity index (χ2v) is 7.13. The molecule has 0 fully saturated rings. The Bertz CT molecular complexity index is 1010. The number of nitrogens with one attached hydrogen (secondary N) is 2. The van der Waals surface area contributed by atoms with Gasteiger partial charge in [-0.3, -0.25) is 0 Å². The van der Waals surface area contributed by atoms with Gasteiger partial charge in [-0.05, 0) is 50.2 Å². The number of rotatable bonds is 10. The van der Waals surface area contributed by atoms with E-state index < -0.39 is 0 Å². The Kier molecular flexibility index (Phi) is 10.9. The highest BCUT2D eigenvalue weighted by Crippen LogP contribution is 2.26. The van der Waals surface area contributed by atoms with Gasteiger partial charge in [0, 0.05) is 25.1 Å². The van der Waals surface area contributed by atoms with E-state index in [1.807, 2.05) is 38.1 Å². The van der Waals surface area contributed by atoms with Crippen LogP contribution in [0, 0.1) is 5.82 Å². The standard InChI is InChI=1S/C24H29FN4O3.HI/c1-4-26-24(28-15-17(2)32-22-8-6-5-7-21(22)30-3)27-14-13-20-16-31-23(29-20)18-9-11-19(25)12-10-18;/h5-12,16-17H,4,13-15H2,1-3H3,(H2,26,27,28);1H. The van der Waals surface area contributed by atoms with Crippen molar-refractivity contribution in [1.29, 1.82) is 0 Å². The summed E-state index contributed by atoms with van der Waals surface area (Å²) in [7, 11) is 1.62. The molecule has 0 aliphatic rings. The Morgan fingerprint density at radius 3 is 2.55 bits per heavy atom. The number of para-hydroxylation sites is 2. The molecule has 2 N–H and O–H groups in total. The lowest BCUT2D eigenvalue weighted by Crippen LogP contribution is -2.39. The van der Waals surface area contributed by atoms with Crippen LogP contribution in [0.15, 0.2) is 64.2 Å². The van der Waals surface area contributed by atoms with Crippen molar-refractivity contribution >= 4 is 29.9 Å². The van der Waals surface area contributed by atoms with E-state index in [4.69, 9.17) is 13.9 Å². The fourth-order valence-electron chi connectivity index (χ4n) is 2.99. The summed E-state index contributed by atoms with van der Waals surface area (Å²) in [4.78, 5) is 9.08. The molecule has 0 radical (unpaired) electrons. The van der Waals surface area contributed by atoms with Crippen LogP contribution >= 0.6 is 24.0 Å². The number of halogens is 2. The van der Waals surface area contributed by atoms with Gasteiger partial charge in [0.1, 0.15) is 18.2 Å². The number of oxazole rings is 1. The zero-order valence-electron chi connectivity index (χ0n) is 19.0. The zero-order chi connectivity index (χ0) is 22.8. The van der Waals surface area contributed by atoms with Crippen LogP contribution in [0.5, 0.6) is 11.5 Å². The van der Waals surface area contributed by atoms with Gasteiger partial charge in [0.05, 0.1) is 19.3 Å². The van der Waals surface area contributed by atoms with Gasteiger partial charge >= 0.3 is 0 Å². The maximum atomic E-state index is 13.1. The molecule has 178 valence electrons. The molecule has 0 saturated carbocycles. The Balaban J connectivity index is 0.00000385. The highest BCUT2D eigenvalue weighted by Gasteiger charge is 2.10. The third kappa shape index (κ3) is 8.23. The normalized spacial score (nSPS) is 11.9. The molecule has 2 aromatic carbocycles. The summed E-state index contributed by atoms with van der Waals surface area (Å²) in [5, 5.41) is 6.52. The maximum Gasteiger partial charge on any atom is 0.226 e. The van der Waals surface area contributed by atoms with Crippen molar-refractivity contribution in [3.63, 3.8) is 0 Å². The number of aromatic nitrogens is 1. The van der Waals surface area contributed by atoms with Crippen LogP contribution in [0.25, 0.3) is 11.5 Å². The average Bonchev–Trinajstić information content (AvgIpc) is 3.27. The minimum atomic E-state index is -0.289. The van der Waals surface area contributed by atoms with E-state index in [-0.39, 0.29) is 35.9 Å². The van der Waals surface area contributed by atoms with Gasteiger partial charge in [-0.1, -0.05) is 12.1 Å². The minimum Gasteiger partial charge on any atom is -0.493 e. The van der Waals surface area contributed by atoms with E-state index in [9.17, 15) is 4.39 Å². The van der Waals surface area contributed by atoms with Gasteiger partial charge in [0.2, 0.25) is 5.89 Å². The number of ether oxygens (including phenoxy) is 2. The van der Waals surface area contributed by atoms with E-state index in [1.54, 1.807) is 25.5 Å². The monoisotopic (exact) mass is 568 g/mol. The first kappa shape index (κ1) is 26.4. The van der Waals surface area contributed by atoms with Gasteiger partial charge in [-0.15, -0.1) is 24.0 Å². The molecule has 0 saturated heterocycles. The predicted molar refractivity (Wildman–Crippen MR) is 138 cm³/mol. The number of benzene rings is 2. The Morgan fingerprint density at radius 1 is 1.12 bits per heavy atom. The lowest BCUT2D eigenvalue weighted by atomic mass is 10.2. The molecule has 7 nitrogen and oxygen atoms in total. The first-order valence-electron chi connectivity index (χ1n) is 10.6. The van der Waals surface area contributed by atoms with Crippen LogP contribution < -0.4 is 20.1 Å².